The Morgan fingerprint density at radius 2 is 1.67 bits per heavy atom. The van der Waals surface area contributed by atoms with Crippen molar-refractivity contribution in [3.05, 3.63) is 71.8 Å². The van der Waals surface area contributed by atoms with Crippen LogP contribution in [0.2, 0.25) is 0 Å². The van der Waals surface area contributed by atoms with Crippen molar-refractivity contribution in [2.24, 2.45) is 0 Å². The van der Waals surface area contributed by atoms with Gasteiger partial charge < -0.3 is 9.47 Å². The Bertz CT molecular complexity index is 632. The van der Waals surface area contributed by atoms with Gasteiger partial charge in [-0.3, -0.25) is 4.79 Å². The van der Waals surface area contributed by atoms with Crippen molar-refractivity contribution >= 4 is 6.29 Å². The van der Waals surface area contributed by atoms with Gasteiger partial charge in [-0.05, 0) is 28.8 Å². The van der Waals surface area contributed by atoms with Crippen LogP contribution in [0.25, 0.3) is 0 Å². The maximum absolute atomic E-state index is 11.2. The van der Waals surface area contributed by atoms with Crippen LogP contribution < -0.4 is 9.47 Å². The Morgan fingerprint density at radius 3 is 2.24 bits per heavy atom. The normalized spacial score (nSPS) is 11.5. The second-order valence-electron chi connectivity index (χ2n) is 4.65. The summed E-state index contributed by atoms with van der Waals surface area (Å²) in [6.07, 6.45) is 0.800. The Labute approximate surface area is 124 Å². The quantitative estimate of drug-likeness (QED) is 0.600. The molecule has 1 unspecified atom stereocenters. The summed E-state index contributed by atoms with van der Waals surface area (Å²) < 4.78 is 10.6. The number of hydrogen-bond acceptors (Lipinski definition) is 3. The van der Waals surface area contributed by atoms with E-state index in [1.165, 1.54) is 0 Å². The molecular weight excluding hydrogens is 264 g/mol. The molecule has 0 saturated heterocycles. The number of rotatable bonds is 6. The average molecular weight is 282 g/mol. The Balaban J connectivity index is 2.52. The van der Waals surface area contributed by atoms with E-state index in [-0.39, 0.29) is 5.92 Å². The van der Waals surface area contributed by atoms with E-state index in [0.717, 1.165) is 17.4 Å². The van der Waals surface area contributed by atoms with E-state index < -0.39 is 0 Å². The number of hydrogen-bond donors (Lipinski definition) is 0. The molecule has 0 aliphatic heterocycles. The van der Waals surface area contributed by atoms with Gasteiger partial charge in [-0.15, -0.1) is 0 Å². The second kappa shape index (κ2) is 6.75. The molecule has 0 aliphatic rings. The van der Waals surface area contributed by atoms with Crippen molar-refractivity contribution < 1.29 is 14.3 Å². The zero-order valence-electron chi connectivity index (χ0n) is 12.2. The SMILES string of the molecule is C=C(C=O)C(c1ccccc1)c1ccc(OC)c(OC)c1. The predicted molar refractivity (Wildman–Crippen MR) is 83.0 cm³/mol. The highest BCUT2D eigenvalue weighted by Crippen LogP contribution is 2.35. The molecule has 0 aliphatic carbocycles. The van der Waals surface area contributed by atoms with Crippen LogP contribution in [-0.4, -0.2) is 20.5 Å². The lowest BCUT2D eigenvalue weighted by molar-refractivity contribution is -0.105. The van der Waals surface area contributed by atoms with E-state index in [0.29, 0.717) is 17.1 Å². The zero-order valence-corrected chi connectivity index (χ0v) is 12.2. The number of carbonyl (C=O) groups is 1. The van der Waals surface area contributed by atoms with Crippen LogP contribution in [-0.2, 0) is 4.79 Å². The first-order valence-electron chi connectivity index (χ1n) is 6.62. The number of methoxy groups -OCH3 is 2. The molecule has 2 aromatic carbocycles. The van der Waals surface area contributed by atoms with Crippen molar-refractivity contribution in [3.63, 3.8) is 0 Å². The predicted octanol–water partition coefficient (Wildman–Crippen LogP) is 3.59. The number of benzene rings is 2. The van der Waals surface area contributed by atoms with Gasteiger partial charge in [0.1, 0.15) is 6.29 Å². The van der Waals surface area contributed by atoms with E-state index in [9.17, 15) is 4.79 Å². The van der Waals surface area contributed by atoms with Gasteiger partial charge in [0, 0.05) is 5.92 Å². The number of aldehydes is 1. The van der Waals surface area contributed by atoms with Gasteiger partial charge in [0.25, 0.3) is 0 Å². The Kier molecular flexibility index (Phi) is 4.77. The lowest BCUT2D eigenvalue weighted by atomic mass is 9.86. The summed E-state index contributed by atoms with van der Waals surface area (Å²) in [5.41, 5.74) is 2.46. The van der Waals surface area contributed by atoms with Gasteiger partial charge in [-0.25, -0.2) is 0 Å². The topological polar surface area (TPSA) is 35.5 Å². The summed E-state index contributed by atoms with van der Waals surface area (Å²) in [5.74, 6) is 1.10. The van der Waals surface area contributed by atoms with Crippen molar-refractivity contribution in [1.82, 2.24) is 0 Å². The monoisotopic (exact) mass is 282 g/mol. The van der Waals surface area contributed by atoms with Gasteiger partial charge in [0.05, 0.1) is 14.2 Å². The molecule has 0 radical (unpaired) electrons. The first kappa shape index (κ1) is 14.9. The fourth-order valence-electron chi connectivity index (χ4n) is 2.37. The van der Waals surface area contributed by atoms with Gasteiger partial charge in [-0.2, -0.15) is 0 Å². The van der Waals surface area contributed by atoms with E-state index in [1.54, 1.807) is 14.2 Å². The number of carbonyl (C=O) groups excluding carboxylic acids is 1. The van der Waals surface area contributed by atoms with Crippen LogP contribution >= 0.6 is 0 Å². The molecule has 0 heterocycles. The molecule has 0 N–H and O–H groups in total. The third-order valence-electron chi connectivity index (χ3n) is 3.40. The van der Waals surface area contributed by atoms with E-state index in [2.05, 4.69) is 6.58 Å². The van der Waals surface area contributed by atoms with Crippen LogP contribution in [0.4, 0.5) is 0 Å². The molecule has 0 amide bonds. The Hall–Kier alpha value is -2.55. The maximum Gasteiger partial charge on any atom is 0.161 e. The highest BCUT2D eigenvalue weighted by atomic mass is 16.5. The number of ether oxygens (including phenoxy) is 2. The largest absolute Gasteiger partial charge is 0.493 e. The molecule has 2 rings (SSSR count). The average Bonchev–Trinajstić information content (AvgIpc) is 2.55. The van der Waals surface area contributed by atoms with E-state index >= 15 is 0 Å². The van der Waals surface area contributed by atoms with Gasteiger partial charge in [0.2, 0.25) is 0 Å². The standard InChI is InChI=1S/C18H18O3/c1-13(12-19)18(14-7-5-4-6-8-14)15-9-10-16(20-2)17(11-15)21-3/h4-12,18H,1H2,2-3H3. The minimum atomic E-state index is -0.191. The van der Waals surface area contributed by atoms with Gasteiger partial charge in [0.15, 0.2) is 11.5 Å². The summed E-state index contributed by atoms with van der Waals surface area (Å²) >= 11 is 0. The molecule has 21 heavy (non-hydrogen) atoms. The van der Waals surface area contributed by atoms with Crippen molar-refractivity contribution in [2.45, 2.75) is 5.92 Å². The molecular formula is C18H18O3. The summed E-state index contributed by atoms with van der Waals surface area (Å²) in [5, 5.41) is 0. The van der Waals surface area contributed by atoms with E-state index in [4.69, 9.17) is 9.47 Å². The molecule has 3 heteroatoms. The second-order valence-corrected chi connectivity index (χ2v) is 4.65. The molecule has 1 atom stereocenters. The lowest BCUT2D eigenvalue weighted by Crippen LogP contribution is -2.05. The first-order chi connectivity index (χ1) is 10.2. The highest BCUT2D eigenvalue weighted by molar-refractivity contribution is 5.77. The maximum atomic E-state index is 11.2. The summed E-state index contributed by atoms with van der Waals surface area (Å²) in [6.45, 7) is 3.88. The van der Waals surface area contributed by atoms with Crippen LogP contribution in [0.5, 0.6) is 11.5 Å². The molecule has 2 aromatic rings. The molecule has 108 valence electrons. The van der Waals surface area contributed by atoms with Crippen LogP contribution in [0.15, 0.2) is 60.7 Å². The molecule has 0 saturated carbocycles. The fourth-order valence-corrected chi connectivity index (χ4v) is 2.37. The molecule has 0 bridgehead atoms. The van der Waals surface area contributed by atoms with Crippen LogP contribution in [0.3, 0.4) is 0 Å². The first-order valence-corrected chi connectivity index (χ1v) is 6.62. The third-order valence-corrected chi connectivity index (χ3v) is 3.40. The van der Waals surface area contributed by atoms with Crippen LogP contribution in [0.1, 0.15) is 17.0 Å². The van der Waals surface area contributed by atoms with Crippen molar-refractivity contribution in [3.8, 4) is 11.5 Å². The molecule has 0 aromatic heterocycles. The van der Waals surface area contributed by atoms with Crippen molar-refractivity contribution in [1.29, 1.82) is 0 Å². The van der Waals surface area contributed by atoms with Crippen molar-refractivity contribution in [2.75, 3.05) is 14.2 Å². The summed E-state index contributed by atoms with van der Waals surface area (Å²) in [4.78, 5) is 11.2. The summed E-state index contributed by atoms with van der Waals surface area (Å²) in [7, 11) is 3.18. The molecule has 0 fully saturated rings. The molecule has 3 nitrogen and oxygen atoms in total. The minimum absolute atomic E-state index is 0.191. The zero-order chi connectivity index (χ0) is 15.2. The summed E-state index contributed by atoms with van der Waals surface area (Å²) in [6, 6.07) is 15.4. The van der Waals surface area contributed by atoms with E-state index in [1.807, 2.05) is 48.5 Å². The minimum Gasteiger partial charge on any atom is -0.493 e. The molecule has 0 spiro atoms. The Morgan fingerprint density at radius 1 is 1.00 bits per heavy atom. The fraction of sp³-hybridized carbons (Fsp3) is 0.167. The third kappa shape index (κ3) is 3.14. The smallest absolute Gasteiger partial charge is 0.161 e. The highest BCUT2D eigenvalue weighted by Gasteiger charge is 2.19. The number of allylic oxidation sites excluding steroid dienone is 1. The lowest BCUT2D eigenvalue weighted by Gasteiger charge is -2.19. The van der Waals surface area contributed by atoms with Gasteiger partial charge >= 0.3 is 0 Å². The van der Waals surface area contributed by atoms with Crippen LogP contribution in [0, 0.1) is 0 Å². The van der Waals surface area contributed by atoms with Gasteiger partial charge in [-0.1, -0.05) is 43.0 Å².